The first-order valence-corrected chi connectivity index (χ1v) is 9.34. The van der Waals surface area contributed by atoms with E-state index in [0.29, 0.717) is 36.4 Å². The van der Waals surface area contributed by atoms with Crippen molar-refractivity contribution in [3.05, 3.63) is 67.9 Å². The summed E-state index contributed by atoms with van der Waals surface area (Å²) in [6.45, 7) is 4.85. The van der Waals surface area contributed by atoms with Gasteiger partial charge < -0.3 is 9.80 Å². The molecule has 1 aliphatic heterocycles. The summed E-state index contributed by atoms with van der Waals surface area (Å²) in [6, 6.07) is 9.59. The van der Waals surface area contributed by atoms with Crippen LogP contribution in [-0.4, -0.2) is 41.4 Å². The summed E-state index contributed by atoms with van der Waals surface area (Å²) in [7, 11) is 0. The monoisotopic (exact) mass is 435 g/mol. The standard InChI is InChI=1S/C19H19BrFN3O3/c1-12-9-18(16(21)10-17(12)24(26)27)22-7-8-23(13(2)11-22)19(25)14-5-3-4-6-15(14)20/h3-6,9-10,13H,7-8,11H2,1-2H3/t13-/m0/s1. The van der Waals surface area contributed by atoms with E-state index in [-0.39, 0.29) is 17.6 Å². The fourth-order valence-corrected chi connectivity index (χ4v) is 3.82. The van der Waals surface area contributed by atoms with Crippen LogP contribution in [0.4, 0.5) is 15.8 Å². The van der Waals surface area contributed by atoms with E-state index in [1.54, 1.807) is 17.9 Å². The molecular formula is C19H19BrFN3O3. The van der Waals surface area contributed by atoms with Gasteiger partial charge in [0, 0.05) is 35.7 Å². The van der Waals surface area contributed by atoms with E-state index in [4.69, 9.17) is 0 Å². The molecule has 1 atom stereocenters. The molecule has 8 heteroatoms. The van der Waals surface area contributed by atoms with Gasteiger partial charge in [0.1, 0.15) is 0 Å². The quantitative estimate of drug-likeness (QED) is 0.536. The first-order chi connectivity index (χ1) is 12.8. The Bertz CT molecular complexity index is 906. The number of nitro benzene ring substituents is 1. The van der Waals surface area contributed by atoms with E-state index in [0.717, 1.165) is 10.5 Å². The number of nitro groups is 1. The number of piperazine rings is 1. The molecule has 6 nitrogen and oxygen atoms in total. The first kappa shape index (κ1) is 19.3. The second-order valence-corrected chi connectivity index (χ2v) is 7.47. The number of rotatable bonds is 3. The summed E-state index contributed by atoms with van der Waals surface area (Å²) in [5.41, 5.74) is 1.11. The number of benzene rings is 2. The number of hydrogen-bond acceptors (Lipinski definition) is 4. The second kappa shape index (κ2) is 7.64. The number of amides is 1. The largest absolute Gasteiger partial charge is 0.365 e. The Hall–Kier alpha value is -2.48. The highest BCUT2D eigenvalue weighted by Crippen LogP contribution is 2.30. The molecule has 2 aromatic carbocycles. The lowest BCUT2D eigenvalue weighted by atomic mass is 10.1. The van der Waals surface area contributed by atoms with Crippen LogP contribution in [0.3, 0.4) is 0 Å². The third kappa shape index (κ3) is 3.80. The van der Waals surface area contributed by atoms with E-state index in [1.807, 2.05) is 30.0 Å². The van der Waals surface area contributed by atoms with Gasteiger partial charge in [-0.2, -0.15) is 0 Å². The normalized spacial score (nSPS) is 17.1. The topological polar surface area (TPSA) is 66.7 Å². The molecule has 0 aromatic heterocycles. The maximum absolute atomic E-state index is 14.4. The summed E-state index contributed by atoms with van der Waals surface area (Å²) in [5, 5.41) is 11.0. The fourth-order valence-electron chi connectivity index (χ4n) is 3.36. The van der Waals surface area contributed by atoms with E-state index < -0.39 is 10.7 Å². The average molecular weight is 436 g/mol. The van der Waals surface area contributed by atoms with Crippen molar-refractivity contribution in [1.82, 2.24) is 4.90 Å². The molecule has 3 rings (SSSR count). The van der Waals surface area contributed by atoms with E-state index in [9.17, 15) is 19.3 Å². The Labute approximate surface area is 164 Å². The predicted octanol–water partition coefficient (Wildman–Crippen LogP) is 4.16. The number of hydrogen-bond donors (Lipinski definition) is 0. The zero-order valence-electron chi connectivity index (χ0n) is 15.0. The van der Waals surface area contributed by atoms with Gasteiger partial charge in [0.2, 0.25) is 0 Å². The molecule has 1 fully saturated rings. The van der Waals surface area contributed by atoms with Gasteiger partial charge in [-0.1, -0.05) is 12.1 Å². The Morgan fingerprint density at radius 2 is 2.00 bits per heavy atom. The minimum absolute atomic E-state index is 0.0741. The molecule has 27 heavy (non-hydrogen) atoms. The molecule has 0 unspecified atom stereocenters. The van der Waals surface area contributed by atoms with Gasteiger partial charge in [0.25, 0.3) is 11.6 Å². The molecule has 0 radical (unpaired) electrons. The molecule has 1 heterocycles. The predicted molar refractivity (Wildman–Crippen MR) is 105 cm³/mol. The van der Waals surface area contributed by atoms with Gasteiger partial charge >= 0.3 is 0 Å². The van der Waals surface area contributed by atoms with Crippen LogP contribution in [0.5, 0.6) is 0 Å². The Morgan fingerprint density at radius 3 is 2.63 bits per heavy atom. The van der Waals surface area contributed by atoms with Crippen molar-refractivity contribution in [2.45, 2.75) is 19.9 Å². The lowest BCUT2D eigenvalue weighted by molar-refractivity contribution is -0.385. The molecule has 0 spiro atoms. The van der Waals surface area contributed by atoms with Crippen LogP contribution < -0.4 is 4.90 Å². The lowest BCUT2D eigenvalue weighted by Crippen LogP contribution is -2.54. The van der Waals surface area contributed by atoms with Crippen LogP contribution in [-0.2, 0) is 0 Å². The van der Waals surface area contributed by atoms with Crippen molar-refractivity contribution in [3.8, 4) is 0 Å². The van der Waals surface area contributed by atoms with Crippen LogP contribution in [0.1, 0.15) is 22.8 Å². The maximum atomic E-state index is 14.4. The number of halogens is 2. The fraction of sp³-hybridized carbons (Fsp3) is 0.316. The van der Waals surface area contributed by atoms with Gasteiger partial charge in [-0.15, -0.1) is 0 Å². The number of carbonyl (C=O) groups excluding carboxylic acids is 1. The van der Waals surface area contributed by atoms with Gasteiger partial charge in [-0.05, 0) is 48.0 Å². The van der Waals surface area contributed by atoms with Crippen LogP contribution in [0.25, 0.3) is 0 Å². The van der Waals surface area contributed by atoms with Gasteiger partial charge in [-0.3, -0.25) is 14.9 Å². The number of anilines is 1. The molecule has 1 amide bonds. The third-order valence-electron chi connectivity index (χ3n) is 4.80. The van der Waals surface area contributed by atoms with Crippen molar-refractivity contribution in [2.75, 3.05) is 24.5 Å². The number of aryl methyl sites for hydroxylation is 1. The first-order valence-electron chi connectivity index (χ1n) is 8.54. The molecule has 0 saturated carbocycles. The zero-order chi connectivity index (χ0) is 19.7. The number of carbonyl (C=O) groups is 1. The van der Waals surface area contributed by atoms with Crippen LogP contribution >= 0.6 is 15.9 Å². The molecule has 1 aliphatic rings. The van der Waals surface area contributed by atoms with E-state index >= 15 is 0 Å². The summed E-state index contributed by atoms with van der Waals surface area (Å²) in [6.07, 6.45) is 0. The molecule has 1 saturated heterocycles. The highest BCUT2D eigenvalue weighted by molar-refractivity contribution is 9.10. The summed E-state index contributed by atoms with van der Waals surface area (Å²) in [4.78, 5) is 26.8. The van der Waals surface area contributed by atoms with Crippen LogP contribution in [0.15, 0.2) is 40.9 Å². The Balaban J connectivity index is 1.79. The molecule has 0 aliphatic carbocycles. The van der Waals surface area contributed by atoms with Gasteiger partial charge in [-0.25, -0.2) is 4.39 Å². The summed E-state index contributed by atoms with van der Waals surface area (Å²) in [5.74, 6) is -0.694. The van der Waals surface area contributed by atoms with Crippen molar-refractivity contribution in [1.29, 1.82) is 0 Å². The van der Waals surface area contributed by atoms with Gasteiger partial charge in [0.05, 0.1) is 22.2 Å². The average Bonchev–Trinajstić information content (AvgIpc) is 2.63. The molecule has 0 bridgehead atoms. The highest BCUT2D eigenvalue weighted by atomic mass is 79.9. The maximum Gasteiger partial charge on any atom is 0.275 e. The Kier molecular flexibility index (Phi) is 5.46. The van der Waals surface area contributed by atoms with Crippen LogP contribution in [0, 0.1) is 22.9 Å². The van der Waals surface area contributed by atoms with Crippen molar-refractivity contribution in [3.63, 3.8) is 0 Å². The third-order valence-corrected chi connectivity index (χ3v) is 5.49. The van der Waals surface area contributed by atoms with Crippen LogP contribution in [0.2, 0.25) is 0 Å². The van der Waals surface area contributed by atoms with Gasteiger partial charge in [0.15, 0.2) is 5.82 Å². The summed E-state index contributed by atoms with van der Waals surface area (Å²) < 4.78 is 15.2. The minimum atomic E-state index is -0.620. The Morgan fingerprint density at radius 1 is 1.30 bits per heavy atom. The summed E-state index contributed by atoms with van der Waals surface area (Å²) >= 11 is 3.41. The SMILES string of the molecule is Cc1cc(N2CCN(C(=O)c3ccccc3Br)[C@@H](C)C2)c(F)cc1[N+](=O)[O-]. The molecule has 0 N–H and O–H groups in total. The molecular weight excluding hydrogens is 417 g/mol. The highest BCUT2D eigenvalue weighted by Gasteiger charge is 2.30. The van der Waals surface area contributed by atoms with E-state index in [2.05, 4.69) is 15.9 Å². The van der Waals surface area contributed by atoms with Crippen molar-refractivity contribution in [2.24, 2.45) is 0 Å². The lowest BCUT2D eigenvalue weighted by Gasteiger charge is -2.41. The van der Waals surface area contributed by atoms with E-state index in [1.165, 1.54) is 6.07 Å². The number of nitrogens with zero attached hydrogens (tertiary/aromatic N) is 3. The molecule has 2 aromatic rings. The molecule has 142 valence electrons. The van der Waals surface area contributed by atoms with Crippen molar-refractivity contribution >= 4 is 33.2 Å². The van der Waals surface area contributed by atoms with Crippen molar-refractivity contribution < 1.29 is 14.1 Å². The second-order valence-electron chi connectivity index (χ2n) is 6.62. The smallest absolute Gasteiger partial charge is 0.275 e. The zero-order valence-corrected chi connectivity index (χ0v) is 16.6. The minimum Gasteiger partial charge on any atom is -0.365 e.